The van der Waals surface area contributed by atoms with E-state index in [1.54, 1.807) is 6.20 Å². The van der Waals surface area contributed by atoms with Gasteiger partial charge in [-0.05, 0) is 75.0 Å². The highest BCUT2D eigenvalue weighted by molar-refractivity contribution is 5.98. The van der Waals surface area contributed by atoms with Crippen molar-refractivity contribution < 1.29 is 14.6 Å². The fraction of sp³-hybridized carbons (Fsp3) is 0.577. The number of nitrogens with zero attached hydrogens (tertiary/aromatic N) is 3. The molecule has 1 aromatic heterocycles. The number of amides is 1. The Morgan fingerprint density at radius 2 is 1.97 bits per heavy atom. The topological polar surface area (TPSA) is 99.6 Å². The highest BCUT2D eigenvalue weighted by Gasteiger charge is 2.46. The predicted octanol–water partition coefficient (Wildman–Crippen LogP) is 3.29. The SMILES string of the molecule is CCOc1ccc(CNc2nc(N3CC4CC4C3)ncc2C(=O)NC2CCC(O)CC2)cc1C. The van der Waals surface area contributed by atoms with Crippen LogP contribution in [-0.2, 0) is 6.54 Å². The van der Waals surface area contributed by atoms with Gasteiger partial charge >= 0.3 is 0 Å². The summed E-state index contributed by atoms with van der Waals surface area (Å²) in [6.45, 7) is 7.20. The Balaban J connectivity index is 1.33. The number of carbonyl (C=O) groups excluding carboxylic acids is 1. The van der Waals surface area contributed by atoms with Gasteiger partial charge in [-0.15, -0.1) is 0 Å². The molecular formula is C26H35N5O3. The average Bonchev–Trinajstić information content (AvgIpc) is 3.45. The number of piperidine rings is 1. The Morgan fingerprint density at radius 1 is 1.21 bits per heavy atom. The molecule has 8 heteroatoms. The van der Waals surface area contributed by atoms with Crippen molar-refractivity contribution in [2.75, 3.05) is 29.9 Å². The van der Waals surface area contributed by atoms with Crippen LogP contribution in [0, 0.1) is 18.8 Å². The molecule has 3 N–H and O–H groups in total. The Labute approximate surface area is 201 Å². The van der Waals surface area contributed by atoms with Gasteiger partial charge in [0.05, 0.1) is 12.7 Å². The van der Waals surface area contributed by atoms with Crippen molar-refractivity contribution in [3.8, 4) is 5.75 Å². The van der Waals surface area contributed by atoms with E-state index in [0.717, 1.165) is 67.5 Å². The number of nitrogens with one attached hydrogen (secondary N) is 2. The standard InChI is InChI=1S/C26H35N5O3/c1-3-34-23-9-4-17(10-16(23)2)12-27-24-22(25(33)29-20-5-7-21(32)8-6-20)13-28-26(30-24)31-14-18-11-19(18)15-31/h4,9-10,13,18-21,32H,3,5-8,11-12,14-15H2,1-2H3,(H,29,33)(H,27,28,30). The van der Waals surface area contributed by atoms with Crippen LogP contribution in [0.5, 0.6) is 5.75 Å². The molecular weight excluding hydrogens is 430 g/mol. The molecule has 0 spiro atoms. The van der Waals surface area contributed by atoms with Crippen molar-refractivity contribution in [2.24, 2.45) is 11.8 Å². The van der Waals surface area contributed by atoms with Crippen LogP contribution in [0.1, 0.15) is 60.5 Å². The number of rotatable bonds is 8. The number of hydrogen-bond acceptors (Lipinski definition) is 7. The van der Waals surface area contributed by atoms with E-state index in [2.05, 4.69) is 26.6 Å². The molecule has 5 rings (SSSR count). The quantitative estimate of drug-likeness (QED) is 0.550. The smallest absolute Gasteiger partial charge is 0.256 e. The molecule has 182 valence electrons. The molecule has 2 saturated carbocycles. The number of ether oxygens (including phenoxy) is 1. The molecule has 1 amide bonds. The van der Waals surface area contributed by atoms with E-state index >= 15 is 0 Å². The van der Waals surface area contributed by atoms with E-state index in [-0.39, 0.29) is 18.1 Å². The first-order valence-electron chi connectivity index (χ1n) is 12.6. The highest BCUT2D eigenvalue weighted by atomic mass is 16.5. The van der Waals surface area contributed by atoms with Crippen molar-refractivity contribution in [3.63, 3.8) is 0 Å². The second-order valence-electron chi connectivity index (χ2n) is 9.96. The number of aryl methyl sites for hydroxylation is 1. The van der Waals surface area contributed by atoms with Gasteiger partial charge in [0.1, 0.15) is 17.1 Å². The van der Waals surface area contributed by atoms with Crippen LogP contribution >= 0.6 is 0 Å². The summed E-state index contributed by atoms with van der Waals surface area (Å²) >= 11 is 0. The number of aliphatic hydroxyl groups is 1. The summed E-state index contributed by atoms with van der Waals surface area (Å²) < 4.78 is 5.65. The Bertz CT molecular complexity index is 1030. The van der Waals surface area contributed by atoms with Gasteiger partial charge in [-0.25, -0.2) is 4.98 Å². The van der Waals surface area contributed by atoms with E-state index in [0.29, 0.717) is 30.5 Å². The molecule has 3 aliphatic rings. The average molecular weight is 466 g/mol. The normalized spacial score (nSPS) is 25.6. The lowest BCUT2D eigenvalue weighted by molar-refractivity contribution is 0.0867. The second kappa shape index (κ2) is 9.78. The minimum absolute atomic E-state index is 0.0721. The number of carbonyl (C=O) groups is 1. The van der Waals surface area contributed by atoms with Crippen LogP contribution < -0.4 is 20.3 Å². The molecule has 2 heterocycles. The van der Waals surface area contributed by atoms with Crippen molar-refractivity contribution in [1.82, 2.24) is 15.3 Å². The van der Waals surface area contributed by atoms with E-state index in [9.17, 15) is 9.90 Å². The maximum atomic E-state index is 13.2. The zero-order chi connectivity index (χ0) is 23.7. The number of aromatic nitrogens is 2. The van der Waals surface area contributed by atoms with Gasteiger partial charge in [-0.2, -0.15) is 4.98 Å². The van der Waals surface area contributed by atoms with Gasteiger partial charge in [0.2, 0.25) is 5.95 Å². The third kappa shape index (κ3) is 5.12. The third-order valence-corrected chi connectivity index (χ3v) is 7.31. The molecule has 8 nitrogen and oxygen atoms in total. The van der Waals surface area contributed by atoms with E-state index in [1.165, 1.54) is 6.42 Å². The first kappa shape index (κ1) is 22.9. The molecule has 2 aromatic rings. The first-order valence-corrected chi connectivity index (χ1v) is 12.6. The van der Waals surface area contributed by atoms with Crippen LogP contribution in [0.4, 0.5) is 11.8 Å². The van der Waals surface area contributed by atoms with Gasteiger partial charge in [0.25, 0.3) is 5.91 Å². The summed E-state index contributed by atoms with van der Waals surface area (Å²) in [6.07, 6.45) is 5.74. The summed E-state index contributed by atoms with van der Waals surface area (Å²) in [5.74, 6) is 3.52. The molecule has 1 aliphatic heterocycles. The van der Waals surface area contributed by atoms with E-state index in [4.69, 9.17) is 9.72 Å². The number of hydrogen-bond donors (Lipinski definition) is 3. The highest BCUT2D eigenvalue weighted by Crippen LogP contribution is 2.45. The number of aliphatic hydroxyl groups excluding tert-OH is 1. The van der Waals surface area contributed by atoms with Crippen LogP contribution in [0.15, 0.2) is 24.4 Å². The van der Waals surface area contributed by atoms with Crippen molar-refractivity contribution in [2.45, 2.75) is 64.6 Å². The van der Waals surface area contributed by atoms with E-state index in [1.807, 2.05) is 26.0 Å². The lowest BCUT2D eigenvalue weighted by Gasteiger charge is -2.26. The fourth-order valence-corrected chi connectivity index (χ4v) is 5.20. The Kier molecular flexibility index (Phi) is 6.59. The van der Waals surface area contributed by atoms with Gasteiger partial charge in [-0.1, -0.05) is 12.1 Å². The van der Waals surface area contributed by atoms with Gasteiger partial charge in [-0.3, -0.25) is 4.79 Å². The Morgan fingerprint density at radius 3 is 2.68 bits per heavy atom. The number of fused-ring (bicyclic) bond motifs is 1. The first-order chi connectivity index (χ1) is 16.5. The van der Waals surface area contributed by atoms with Crippen molar-refractivity contribution >= 4 is 17.7 Å². The molecule has 3 fully saturated rings. The molecule has 34 heavy (non-hydrogen) atoms. The molecule has 0 bridgehead atoms. The van der Waals surface area contributed by atoms with Crippen LogP contribution in [0.3, 0.4) is 0 Å². The molecule has 1 saturated heterocycles. The summed E-state index contributed by atoms with van der Waals surface area (Å²) in [5.41, 5.74) is 2.64. The predicted molar refractivity (Wildman–Crippen MR) is 131 cm³/mol. The van der Waals surface area contributed by atoms with Gasteiger partial charge in [0.15, 0.2) is 0 Å². The second-order valence-corrected chi connectivity index (χ2v) is 9.96. The van der Waals surface area contributed by atoms with Crippen LogP contribution in [0.25, 0.3) is 0 Å². The zero-order valence-electron chi connectivity index (χ0n) is 20.1. The summed E-state index contributed by atoms with van der Waals surface area (Å²) in [7, 11) is 0. The van der Waals surface area contributed by atoms with E-state index < -0.39 is 0 Å². The van der Waals surface area contributed by atoms with Crippen LogP contribution in [-0.4, -0.2) is 52.8 Å². The fourth-order valence-electron chi connectivity index (χ4n) is 5.20. The minimum Gasteiger partial charge on any atom is -0.494 e. The summed E-state index contributed by atoms with van der Waals surface area (Å²) in [4.78, 5) is 24.8. The largest absolute Gasteiger partial charge is 0.494 e. The lowest BCUT2D eigenvalue weighted by atomic mass is 9.93. The molecule has 2 unspecified atom stereocenters. The Hall–Kier alpha value is -2.87. The van der Waals surface area contributed by atoms with Crippen molar-refractivity contribution in [3.05, 3.63) is 41.1 Å². The summed E-state index contributed by atoms with van der Waals surface area (Å²) in [6, 6.07) is 6.20. The minimum atomic E-state index is -0.253. The summed E-state index contributed by atoms with van der Waals surface area (Å²) in [5, 5.41) is 16.3. The number of benzene rings is 1. The molecule has 2 atom stereocenters. The molecule has 2 aliphatic carbocycles. The zero-order valence-corrected chi connectivity index (χ0v) is 20.1. The number of anilines is 2. The lowest BCUT2D eigenvalue weighted by Crippen LogP contribution is -2.39. The van der Waals surface area contributed by atoms with Gasteiger partial charge in [0, 0.05) is 31.9 Å². The van der Waals surface area contributed by atoms with Crippen LogP contribution in [0.2, 0.25) is 0 Å². The maximum absolute atomic E-state index is 13.2. The third-order valence-electron chi connectivity index (χ3n) is 7.31. The maximum Gasteiger partial charge on any atom is 0.256 e. The molecule has 0 radical (unpaired) electrons. The molecule has 1 aromatic carbocycles. The monoisotopic (exact) mass is 465 g/mol. The van der Waals surface area contributed by atoms with Gasteiger partial charge < -0.3 is 25.4 Å². The van der Waals surface area contributed by atoms with Crippen molar-refractivity contribution in [1.29, 1.82) is 0 Å².